The maximum atomic E-state index is 12.8. The van der Waals surface area contributed by atoms with Gasteiger partial charge in [0.2, 0.25) is 0 Å². The summed E-state index contributed by atoms with van der Waals surface area (Å²) in [6.07, 6.45) is 6.61. The normalized spacial score (nSPS) is 11.7. The number of unbranched alkanes of at least 4 members (excludes halogenated alkanes) is 5. The number of halogens is 1. The third-order valence-corrected chi connectivity index (χ3v) is 6.91. The Morgan fingerprint density at radius 3 is 1.86 bits per heavy atom. The largest absolute Gasteiger partial charge is 1.00 e. The zero-order valence-corrected chi connectivity index (χ0v) is 27.0. The molecule has 0 aromatic heterocycles. The second-order valence-electron chi connectivity index (χ2n) is 11.1. The molecule has 1 atom stereocenters. The molecule has 1 unspecified atom stereocenters. The number of hydrogen-bond acceptors (Lipinski definition) is 6. The van der Waals surface area contributed by atoms with E-state index < -0.39 is 4.92 Å². The minimum atomic E-state index is -0.423. The number of esters is 1. The van der Waals surface area contributed by atoms with Crippen LogP contribution in [-0.4, -0.2) is 55.8 Å². The van der Waals surface area contributed by atoms with E-state index in [9.17, 15) is 14.9 Å². The fraction of sp³-hybridized carbons (Fsp3) is 0.424. The molecular weight excluding hydrogens is 647 g/mol. The van der Waals surface area contributed by atoms with Crippen molar-refractivity contribution in [3.8, 4) is 11.5 Å². The van der Waals surface area contributed by atoms with Gasteiger partial charge in [0, 0.05) is 18.6 Å². The third-order valence-electron chi connectivity index (χ3n) is 6.91. The molecular formula is C33H43IN2O6. The number of nitro benzene ring substituents is 1. The number of quaternary nitrogens is 1. The summed E-state index contributed by atoms with van der Waals surface area (Å²) in [4.78, 5) is 23.3. The van der Waals surface area contributed by atoms with Crippen molar-refractivity contribution in [2.24, 2.45) is 0 Å². The molecule has 0 fully saturated rings. The van der Waals surface area contributed by atoms with Gasteiger partial charge in [-0.25, -0.2) is 4.79 Å². The van der Waals surface area contributed by atoms with E-state index >= 15 is 0 Å². The molecule has 0 aliphatic carbocycles. The van der Waals surface area contributed by atoms with E-state index in [1.807, 2.05) is 75.7 Å². The fourth-order valence-corrected chi connectivity index (χ4v) is 4.39. The maximum Gasteiger partial charge on any atom is 0.365 e. The number of nitro groups is 1. The van der Waals surface area contributed by atoms with Gasteiger partial charge in [0.15, 0.2) is 6.04 Å². The van der Waals surface area contributed by atoms with Crippen molar-refractivity contribution >= 4 is 11.7 Å². The Kier molecular flexibility index (Phi) is 15.3. The molecule has 0 saturated carbocycles. The first-order valence-electron chi connectivity index (χ1n) is 14.3. The molecule has 0 radical (unpaired) electrons. The van der Waals surface area contributed by atoms with Crippen molar-refractivity contribution in [3.05, 3.63) is 100 Å². The lowest BCUT2D eigenvalue weighted by Crippen LogP contribution is -3.00. The van der Waals surface area contributed by atoms with Gasteiger partial charge < -0.3 is 42.7 Å². The van der Waals surface area contributed by atoms with Gasteiger partial charge in [-0.2, -0.15) is 0 Å². The van der Waals surface area contributed by atoms with E-state index in [-0.39, 0.29) is 41.7 Å². The van der Waals surface area contributed by atoms with Crippen molar-refractivity contribution in [3.63, 3.8) is 0 Å². The summed E-state index contributed by atoms with van der Waals surface area (Å²) in [6, 6.07) is 23.8. The van der Waals surface area contributed by atoms with Crippen molar-refractivity contribution in [2.75, 3.05) is 34.4 Å². The molecule has 0 bridgehead atoms. The summed E-state index contributed by atoms with van der Waals surface area (Å²) in [5.41, 5.74) is 2.06. The zero-order chi connectivity index (χ0) is 29.5. The smallest absolute Gasteiger partial charge is 0.365 e. The summed E-state index contributed by atoms with van der Waals surface area (Å²) in [6.45, 7) is 1.64. The highest BCUT2D eigenvalue weighted by Gasteiger charge is 2.33. The number of non-ortho nitro benzene ring substituents is 1. The number of carbonyl (C=O) groups excluding carboxylic acids is 1. The Morgan fingerprint density at radius 2 is 1.29 bits per heavy atom. The second-order valence-corrected chi connectivity index (χ2v) is 11.1. The lowest BCUT2D eigenvalue weighted by Gasteiger charge is -2.32. The Bertz CT molecular complexity index is 1200. The van der Waals surface area contributed by atoms with E-state index in [1.54, 1.807) is 12.1 Å². The first kappa shape index (κ1) is 35.0. The van der Waals surface area contributed by atoms with E-state index in [0.717, 1.165) is 61.2 Å². The zero-order valence-electron chi connectivity index (χ0n) is 24.9. The van der Waals surface area contributed by atoms with Crippen LogP contribution in [0.1, 0.15) is 49.7 Å². The second kappa shape index (κ2) is 18.4. The Morgan fingerprint density at radius 1 is 0.738 bits per heavy atom. The van der Waals surface area contributed by atoms with E-state index in [0.29, 0.717) is 30.7 Å². The number of nitrogens with zero attached hydrogens (tertiary/aromatic N) is 2. The van der Waals surface area contributed by atoms with Gasteiger partial charge in [-0.15, -0.1) is 0 Å². The molecule has 9 heteroatoms. The Hall–Kier alpha value is -3.18. The molecule has 0 spiro atoms. The van der Waals surface area contributed by atoms with Crippen LogP contribution in [-0.2, 0) is 22.6 Å². The standard InChI is InChI=1S/C33H43N2O6.HI/c1-35(2,3)32(25-27-15-17-29(18-16-27)34(37)38)33(36)40-24-12-7-5-4-6-11-23-39-30-19-21-31(22-20-30)41-26-28-13-9-8-10-14-28;/h8-10,13-22,32H,4-7,11-12,23-26H2,1-3H3;1H/q+1;/p-1. The Balaban J connectivity index is 0.00000616. The highest BCUT2D eigenvalue weighted by atomic mass is 127. The Labute approximate surface area is 266 Å². The minimum absolute atomic E-state index is 0. The first-order chi connectivity index (χ1) is 19.7. The van der Waals surface area contributed by atoms with Gasteiger partial charge in [-0.05, 0) is 48.2 Å². The van der Waals surface area contributed by atoms with Crippen LogP contribution >= 0.6 is 0 Å². The third kappa shape index (κ3) is 12.8. The number of likely N-dealkylation sites (N-methyl/N-ethyl adjacent to an activating group) is 1. The van der Waals surface area contributed by atoms with Crippen LogP contribution in [0.4, 0.5) is 5.69 Å². The number of carbonyl (C=O) groups is 1. The summed E-state index contributed by atoms with van der Waals surface area (Å²) in [5, 5.41) is 10.9. The molecule has 0 saturated heterocycles. The topological polar surface area (TPSA) is 87.9 Å². The first-order valence-corrected chi connectivity index (χ1v) is 14.3. The van der Waals surface area contributed by atoms with Gasteiger partial charge >= 0.3 is 5.97 Å². The molecule has 0 aliphatic rings. The van der Waals surface area contributed by atoms with Gasteiger partial charge in [-0.3, -0.25) is 10.1 Å². The number of benzene rings is 3. The quantitative estimate of drug-likeness (QED) is 0.0505. The fourth-order valence-electron chi connectivity index (χ4n) is 4.39. The molecule has 8 nitrogen and oxygen atoms in total. The van der Waals surface area contributed by atoms with Crippen LogP contribution in [0.5, 0.6) is 11.5 Å². The maximum absolute atomic E-state index is 12.8. The van der Waals surface area contributed by atoms with E-state index in [2.05, 4.69) is 0 Å². The average Bonchev–Trinajstić information content (AvgIpc) is 2.96. The van der Waals surface area contributed by atoms with Crippen LogP contribution in [0, 0.1) is 10.1 Å². The molecule has 3 aromatic carbocycles. The molecule has 0 aliphatic heterocycles. The van der Waals surface area contributed by atoms with Crippen LogP contribution in [0.25, 0.3) is 0 Å². The molecule has 3 aromatic rings. The number of rotatable bonds is 18. The number of ether oxygens (including phenoxy) is 3. The monoisotopic (exact) mass is 690 g/mol. The lowest BCUT2D eigenvalue weighted by atomic mass is 10.0. The molecule has 0 amide bonds. The SMILES string of the molecule is C[N+](C)(C)C(Cc1ccc([N+](=O)[O-])cc1)C(=O)OCCCCCCCCOc1ccc(OCc2ccccc2)cc1.[I-]. The summed E-state index contributed by atoms with van der Waals surface area (Å²) in [5.74, 6) is 1.44. The summed E-state index contributed by atoms with van der Waals surface area (Å²) >= 11 is 0. The van der Waals surface area contributed by atoms with Crippen LogP contribution in [0.2, 0.25) is 0 Å². The van der Waals surface area contributed by atoms with Crippen LogP contribution in [0.15, 0.2) is 78.9 Å². The van der Waals surface area contributed by atoms with E-state index in [1.165, 1.54) is 12.1 Å². The van der Waals surface area contributed by atoms with Crippen molar-refractivity contribution in [1.82, 2.24) is 0 Å². The van der Waals surface area contributed by atoms with Crippen LogP contribution in [0.3, 0.4) is 0 Å². The predicted octanol–water partition coefficient (Wildman–Crippen LogP) is 3.76. The van der Waals surface area contributed by atoms with Crippen molar-refractivity contribution in [2.45, 2.75) is 57.6 Å². The average molecular weight is 691 g/mol. The van der Waals surface area contributed by atoms with Gasteiger partial charge in [0.05, 0.1) is 39.3 Å². The predicted molar refractivity (Wildman–Crippen MR) is 160 cm³/mol. The number of hydrogen-bond donors (Lipinski definition) is 0. The highest BCUT2D eigenvalue weighted by Crippen LogP contribution is 2.20. The van der Waals surface area contributed by atoms with Gasteiger partial charge in [0.25, 0.3) is 5.69 Å². The molecule has 0 heterocycles. The highest BCUT2D eigenvalue weighted by molar-refractivity contribution is 5.75. The molecule has 0 N–H and O–H groups in total. The lowest BCUT2D eigenvalue weighted by molar-refractivity contribution is -0.887. The van der Waals surface area contributed by atoms with E-state index in [4.69, 9.17) is 14.2 Å². The van der Waals surface area contributed by atoms with Crippen molar-refractivity contribution < 1.29 is 52.4 Å². The molecule has 3 rings (SSSR count). The molecule has 42 heavy (non-hydrogen) atoms. The van der Waals surface area contributed by atoms with Gasteiger partial charge in [0.1, 0.15) is 18.1 Å². The van der Waals surface area contributed by atoms with Crippen LogP contribution < -0.4 is 33.5 Å². The summed E-state index contributed by atoms with van der Waals surface area (Å²) in [7, 11) is 5.87. The van der Waals surface area contributed by atoms with Gasteiger partial charge in [-0.1, -0.05) is 68.1 Å². The summed E-state index contributed by atoms with van der Waals surface area (Å²) < 4.78 is 17.7. The molecule has 228 valence electrons. The minimum Gasteiger partial charge on any atom is -1.00 e. The van der Waals surface area contributed by atoms with Crippen molar-refractivity contribution in [1.29, 1.82) is 0 Å².